The van der Waals surface area contributed by atoms with Crippen molar-refractivity contribution < 1.29 is 9.53 Å². The lowest BCUT2D eigenvalue weighted by Crippen LogP contribution is -2.48. The third kappa shape index (κ3) is 2.29. The van der Waals surface area contributed by atoms with Gasteiger partial charge < -0.3 is 10.1 Å². The third-order valence-corrected chi connectivity index (χ3v) is 2.82. The highest BCUT2D eigenvalue weighted by molar-refractivity contribution is 5.89. The first kappa shape index (κ1) is 10.7. The highest BCUT2D eigenvalue weighted by Crippen LogP contribution is 2.23. The van der Waals surface area contributed by atoms with Crippen LogP contribution in [-0.4, -0.2) is 31.1 Å². The topological polar surface area (TPSA) is 38.3 Å². The van der Waals surface area contributed by atoms with Crippen LogP contribution in [0.1, 0.15) is 33.1 Å². The van der Waals surface area contributed by atoms with E-state index in [1.807, 2.05) is 6.92 Å². The van der Waals surface area contributed by atoms with E-state index >= 15 is 0 Å². The first-order valence-corrected chi connectivity index (χ1v) is 5.11. The number of nitrogens with one attached hydrogen (secondary N) is 1. The van der Waals surface area contributed by atoms with Gasteiger partial charge in [-0.25, -0.2) is 0 Å². The minimum absolute atomic E-state index is 0.217. The Balaban J connectivity index is 2.49. The Labute approximate surface area is 79.8 Å². The summed E-state index contributed by atoms with van der Waals surface area (Å²) in [5, 5.41) is 3.30. The summed E-state index contributed by atoms with van der Waals surface area (Å²) in [6.07, 6.45) is 2.94. The fraction of sp³-hybridized carbons (Fsp3) is 0.900. The molecule has 0 radical (unpaired) electrons. The Hall–Kier alpha value is -0.410. The Kier molecular flexibility index (Phi) is 3.88. The van der Waals surface area contributed by atoms with Crippen molar-refractivity contribution in [2.45, 2.75) is 38.6 Å². The summed E-state index contributed by atoms with van der Waals surface area (Å²) in [6, 6.07) is 0. The molecular formula is C10H19NO2. The van der Waals surface area contributed by atoms with E-state index in [9.17, 15) is 4.79 Å². The zero-order chi connectivity index (χ0) is 9.73. The maximum atomic E-state index is 11.8. The molecule has 76 valence electrons. The normalized spacial score (nSPS) is 27.8. The van der Waals surface area contributed by atoms with Gasteiger partial charge in [0.1, 0.15) is 6.61 Å². The van der Waals surface area contributed by atoms with Gasteiger partial charge in [0.05, 0.1) is 5.54 Å². The van der Waals surface area contributed by atoms with Crippen LogP contribution in [0.15, 0.2) is 0 Å². The van der Waals surface area contributed by atoms with Crippen molar-refractivity contribution in [2.75, 3.05) is 19.8 Å². The van der Waals surface area contributed by atoms with E-state index in [1.165, 1.54) is 0 Å². The minimum atomic E-state index is -0.269. The van der Waals surface area contributed by atoms with Crippen LogP contribution in [0.2, 0.25) is 0 Å². The second-order valence-electron chi connectivity index (χ2n) is 3.53. The highest BCUT2D eigenvalue weighted by atomic mass is 16.5. The Morgan fingerprint density at radius 2 is 2.31 bits per heavy atom. The molecule has 1 aliphatic heterocycles. The summed E-state index contributed by atoms with van der Waals surface area (Å²) in [6.45, 7) is 5.81. The number of carbonyl (C=O) groups excluding carboxylic acids is 1. The van der Waals surface area contributed by atoms with Crippen LogP contribution in [0.4, 0.5) is 0 Å². The second kappa shape index (κ2) is 4.72. The van der Waals surface area contributed by atoms with Gasteiger partial charge in [0.25, 0.3) is 0 Å². The van der Waals surface area contributed by atoms with Gasteiger partial charge >= 0.3 is 0 Å². The van der Waals surface area contributed by atoms with Gasteiger partial charge in [-0.1, -0.05) is 6.92 Å². The SMILES string of the molecule is CCOCC(=O)C1(CC)CCCN1. The summed E-state index contributed by atoms with van der Waals surface area (Å²) in [7, 11) is 0. The molecule has 0 aliphatic carbocycles. The van der Waals surface area contributed by atoms with Crippen molar-refractivity contribution in [3.05, 3.63) is 0 Å². The molecule has 0 aromatic carbocycles. The molecule has 3 nitrogen and oxygen atoms in total. The molecule has 13 heavy (non-hydrogen) atoms. The molecule has 0 amide bonds. The number of hydrogen-bond acceptors (Lipinski definition) is 3. The van der Waals surface area contributed by atoms with Crippen molar-refractivity contribution in [3.8, 4) is 0 Å². The third-order valence-electron chi connectivity index (χ3n) is 2.82. The number of carbonyl (C=O) groups is 1. The van der Waals surface area contributed by atoms with Crippen LogP contribution in [-0.2, 0) is 9.53 Å². The van der Waals surface area contributed by atoms with E-state index in [1.54, 1.807) is 0 Å². The largest absolute Gasteiger partial charge is 0.374 e. The van der Waals surface area contributed by atoms with E-state index in [-0.39, 0.29) is 17.9 Å². The van der Waals surface area contributed by atoms with E-state index in [2.05, 4.69) is 12.2 Å². The fourth-order valence-electron chi connectivity index (χ4n) is 1.88. The lowest BCUT2D eigenvalue weighted by Gasteiger charge is -2.26. The van der Waals surface area contributed by atoms with E-state index < -0.39 is 0 Å². The van der Waals surface area contributed by atoms with Gasteiger partial charge in [0.15, 0.2) is 5.78 Å². The van der Waals surface area contributed by atoms with E-state index in [4.69, 9.17) is 4.74 Å². The maximum absolute atomic E-state index is 11.8. The summed E-state index contributed by atoms with van der Waals surface area (Å²) >= 11 is 0. The average molecular weight is 185 g/mol. The monoisotopic (exact) mass is 185 g/mol. The Morgan fingerprint density at radius 3 is 2.77 bits per heavy atom. The molecule has 0 bridgehead atoms. The number of hydrogen-bond donors (Lipinski definition) is 1. The average Bonchev–Trinajstić information content (AvgIpc) is 2.63. The maximum Gasteiger partial charge on any atom is 0.178 e. The predicted molar refractivity (Wildman–Crippen MR) is 51.8 cm³/mol. The molecular weight excluding hydrogens is 166 g/mol. The molecule has 0 spiro atoms. The Morgan fingerprint density at radius 1 is 1.54 bits per heavy atom. The zero-order valence-corrected chi connectivity index (χ0v) is 8.56. The van der Waals surface area contributed by atoms with Crippen molar-refractivity contribution in [1.29, 1.82) is 0 Å². The molecule has 1 atom stereocenters. The molecule has 3 heteroatoms. The molecule has 1 N–H and O–H groups in total. The molecule has 1 fully saturated rings. The van der Waals surface area contributed by atoms with Crippen LogP contribution in [0.25, 0.3) is 0 Å². The van der Waals surface area contributed by atoms with Gasteiger partial charge in [0, 0.05) is 6.61 Å². The summed E-state index contributed by atoms with van der Waals surface area (Å²) in [5.41, 5.74) is -0.269. The van der Waals surface area contributed by atoms with Crippen molar-refractivity contribution in [2.24, 2.45) is 0 Å². The standard InChI is InChI=1S/C10H19NO2/c1-3-10(6-5-7-11-10)9(12)8-13-4-2/h11H,3-8H2,1-2H3. The van der Waals surface area contributed by atoms with Gasteiger partial charge in [-0.3, -0.25) is 4.79 Å². The fourth-order valence-corrected chi connectivity index (χ4v) is 1.88. The van der Waals surface area contributed by atoms with Crippen molar-refractivity contribution in [3.63, 3.8) is 0 Å². The number of ether oxygens (including phenoxy) is 1. The first-order valence-electron chi connectivity index (χ1n) is 5.11. The van der Waals surface area contributed by atoms with Crippen molar-refractivity contribution in [1.82, 2.24) is 5.32 Å². The predicted octanol–water partition coefficient (Wildman–Crippen LogP) is 1.12. The van der Waals surface area contributed by atoms with Crippen LogP contribution in [0, 0.1) is 0 Å². The smallest absolute Gasteiger partial charge is 0.178 e. The molecule has 1 saturated heterocycles. The first-order chi connectivity index (χ1) is 6.25. The molecule has 1 aliphatic rings. The van der Waals surface area contributed by atoms with Crippen LogP contribution in [0.3, 0.4) is 0 Å². The number of ketones is 1. The summed E-state index contributed by atoms with van der Waals surface area (Å²) in [4.78, 5) is 11.8. The lowest BCUT2D eigenvalue weighted by atomic mass is 9.89. The second-order valence-corrected chi connectivity index (χ2v) is 3.53. The molecule has 0 aromatic rings. The van der Waals surface area contributed by atoms with Crippen LogP contribution in [0.5, 0.6) is 0 Å². The Bertz CT molecular complexity index is 174. The van der Waals surface area contributed by atoms with Gasteiger partial charge in [0.2, 0.25) is 0 Å². The van der Waals surface area contributed by atoms with Gasteiger partial charge in [-0.2, -0.15) is 0 Å². The van der Waals surface area contributed by atoms with Crippen LogP contribution >= 0.6 is 0 Å². The van der Waals surface area contributed by atoms with Gasteiger partial charge in [-0.15, -0.1) is 0 Å². The van der Waals surface area contributed by atoms with Gasteiger partial charge in [-0.05, 0) is 32.7 Å². The number of rotatable bonds is 5. The number of Topliss-reactive ketones (excluding diaryl/α,β-unsaturated/α-hetero) is 1. The summed E-state index contributed by atoms with van der Waals surface area (Å²) in [5.74, 6) is 0.217. The summed E-state index contributed by atoms with van der Waals surface area (Å²) < 4.78 is 5.15. The molecule has 0 saturated carbocycles. The quantitative estimate of drug-likeness (QED) is 0.697. The van der Waals surface area contributed by atoms with E-state index in [0.717, 1.165) is 25.8 Å². The van der Waals surface area contributed by atoms with E-state index in [0.29, 0.717) is 6.61 Å². The minimum Gasteiger partial charge on any atom is -0.374 e. The molecule has 0 aromatic heterocycles. The molecule has 1 unspecified atom stereocenters. The molecule has 1 rings (SSSR count). The lowest BCUT2D eigenvalue weighted by molar-refractivity contribution is -0.129. The molecule has 1 heterocycles. The zero-order valence-electron chi connectivity index (χ0n) is 8.56. The van der Waals surface area contributed by atoms with Crippen molar-refractivity contribution >= 4 is 5.78 Å². The highest BCUT2D eigenvalue weighted by Gasteiger charge is 2.38. The van der Waals surface area contributed by atoms with Crippen LogP contribution < -0.4 is 5.32 Å².